The van der Waals surface area contributed by atoms with Gasteiger partial charge in [0.05, 0.1) is 22.6 Å². The van der Waals surface area contributed by atoms with Gasteiger partial charge in [-0.05, 0) is 37.3 Å². The summed E-state index contributed by atoms with van der Waals surface area (Å²) in [5, 5.41) is 13.6. The zero-order valence-electron chi connectivity index (χ0n) is 27.7. The molecule has 0 N–H and O–H groups in total. The Kier molecular flexibility index (Phi) is 8.55. The number of nitrogens with zero attached hydrogens (tertiary/aromatic N) is 8. The number of carbonyl (C=O) groups is 1. The maximum Gasteiger partial charge on any atom is 0.319 e. The van der Waals surface area contributed by atoms with Crippen LogP contribution in [0, 0.1) is 17.1 Å². The lowest BCUT2D eigenvalue weighted by Crippen LogP contribution is -2.43. The number of carbonyl (C=O) groups excluding carboxylic acids is 1. The van der Waals surface area contributed by atoms with Crippen LogP contribution in [0.5, 0.6) is 6.01 Å². The average Bonchev–Trinajstić information content (AvgIpc) is 3.96. The summed E-state index contributed by atoms with van der Waals surface area (Å²) in [6.45, 7) is 1.79. The molecule has 14 heteroatoms. The number of likely N-dealkylation sites (tertiary alicyclic amines) is 1. The molecule has 3 aromatic heterocycles. The van der Waals surface area contributed by atoms with Crippen molar-refractivity contribution in [2.24, 2.45) is 0 Å². The quantitative estimate of drug-likeness (QED) is 0.171. The summed E-state index contributed by atoms with van der Waals surface area (Å²) in [6.07, 6.45) is 5.79. The van der Waals surface area contributed by atoms with Crippen molar-refractivity contribution in [3.05, 3.63) is 76.4 Å². The van der Waals surface area contributed by atoms with E-state index in [1.165, 1.54) is 22.4 Å². The highest BCUT2D eigenvalue weighted by Gasteiger charge is 2.49. The lowest BCUT2D eigenvalue weighted by molar-refractivity contribution is -0.127. The standard InChI is InChI=1S/C37H33F3N8O2S/c1-46(25-9-13-47(20-25)35(49)28(39)15-29-42-11-14-51-29)34-27-18-43-32(26-8-3-6-22-5-2-7-23(17-41)30(22)26)31(40)33(27)44-36(45-34)50-21-37-10-4-12-48(37)19-24(38)16-37/h2-3,5-8,11,14-15,18,24-25H,4,9-10,12-13,16,19-21H2,1H3/b28-15-/t24?,25?,37-/m0/s1. The Labute approximate surface area is 295 Å². The van der Waals surface area contributed by atoms with Crippen molar-refractivity contribution in [2.75, 3.05) is 44.7 Å². The fourth-order valence-corrected chi connectivity index (χ4v) is 8.42. The molecule has 0 saturated carbocycles. The van der Waals surface area contributed by atoms with Crippen LogP contribution in [-0.2, 0) is 4.79 Å². The van der Waals surface area contributed by atoms with Crippen LogP contribution in [-0.4, -0.2) is 93.2 Å². The third-order valence-electron chi connectivity index (χ3n) is 10.4. The summed E-state index contributed by atoms with van der Waals surface area (Å²) in [7, 11) is 1.78. The van der Waals surface area contributed by atoms with Crippen molar-refractivity contribution in [1.82, 2.24) is 29.7 Å². The fourth-order valence-electron chi connectivity index (χ4n) is 7.86. The number of alkyl halides is 1. The van der Waals surface area contributed by atoms with Crippen molar-refractivity contribution in [3.63, 3.8) is 0 Å². The Morgan fingerprint density at radius 2 is 2.04 bits per heavy atom. The largest absolute Gasteiger partial charge is 0.461 e. The smallest absolute Gasteiger partial charge is 0.319 e. The number of hydrogen-bond donors (Lipinski definition) is 0. The predicted octanol–water partition coefficient (Wildman–Crippen LogP) is 6.32. The van der Waals surface area contributed by atoms with Crippen molar-refractivity contribution < 1.29 is 22.7 Å². The van der Waals surface area contributed by atoms with Gasteiger partial charge in [0, 0.05) is 73.9 Å². The van der Waals surface area contributed by atoms with Crippen LogP contribution in [0.4, 0.5) is 19.0 Å². The molecule has 3 fully saturated rings. The highest BCUT2D eigenvalue weighted by Crippen LogP contribution is 2.41. The highest BCUT2D eigenvalue weighted by molar-refractivity contribution is 7.10. The molecule has 8 rings (SSSR count). The zero-order valence-corrected chi connectivity index (χ0v) is 28.5. The zero-order chi connectivity index (χ0) is 35.3. The summed E-state index contributed by atoms with van der Waals surface area (Å²) in [4.78, 5) is 36.3. The van der Waals surface area contributed by atoms with Gasteiger partial charge < -0.3 is 14.5 Å². The lowest BCUT2D eigenvalue weighted by atomic mass is 9.95. The first-order valence-corrected chi connectivity index (χ1v) is 17.7. The molecule has 2 unspecified atom stereocenters. The van der Waals surface area contributed by atoms with Gasteiger partial charge in [-0.15, -0.1) is 11.3 Å². The number of likely N-dealkylation sites (N-methyl/N-ethyl adjacent to an activating group) is 1. The first-order valence-electron chi connectivity index (χ1n) is 16.8. The number of pyridine rings is 1. The van der Waals surface area contributed by atoms with E-state index in [1.54, 1.807) is 42.9 Å². The molecule has 260 valence electrons. The van der Waals surface area contributed by atoms with Gasteiger partial charge in [-0.1, -0.05) is 30.3 Å². The fraction of sp³-hybridized carbons (Fsp3) is 0.351. The van der Waals surface area contributed by atoms with Gasteiger partial charge in [0.2, 0.25) is 0 Å². The average molecular weight is 711 g/mol. The lowest BCUT2D eigenvalue weighted by Gasteiger charge is -2.31. The molecule has 0 bridgehead atoms. The third kappa shape index (κ3) is 5.94. The number of thiazole rings is 1. The van der Waals surface area contributed by atoms with Crippen LogP contribution in [0.25, 0.3) is 39.0 Å². The van der Waals surface area contributed by atoms with E-state index in [4.69, 9.17) is 9.72 Å². The van der Waals surface area contributed by atoms with Gasteiger partial charge in [0.1, 0.15) is 34.8 Å². The molecule has 0 radical (unpaired) electrons. The van der Waals surface area contributed by atoms with E-state index < -0.39 is 29.3 Å². The molecule has 3 aliphatic heterocycles. The number of benzene rings is 2. The van der Waals surface area contributed by atoms with Gasteiger partial charge in [0.15, 0.2) is 11.6 Å². The van der Waals surface area contributed by atoms with E-state index in [0.717, 1.165) is 30.8 Å². The van der Waals surface area contributed by atoms with Crippen LogP contribution in [0.15, 0.2) is 60.0 Å². The topological polar surface area (TPSA) is 111 Å². The van der Waals surface area contributed by atoms with Gasteiger partial charge >= 0.3 is 6.01 Å². The molecule has 10 nitrogen and oxygen atoms in total. The van der Waals surface area contributed by atoms with Crippen molar-refractivity contribution in [1.29, 1.82) is 5.26 Å². The number of amides is 1. The first-order chi connectivity index (χ1) is 24.7. The number of halogens is 3. The second-order valence-corrected chi connectivity index (χ2v) is 14.3. The molecule has 0 spiro atoms. The maximum absolute atomic E-state index is 16.9. The SMILES string of the molecule is CN(c1nc(OC[C@@]23CCCN2CC(F)C3)nc2c(F)c(-c3cccc4cccc(C#N)c34)ncc12)C1CCN(C(=O)/C(F)=C/c2nccs2)C1. The molecule has 3 aliphatic rings. The molecule has 3 saturated heterocycles. The van der Waals surface area contributed by atoms with E-state index in [1.807, 2.05) is 17.0 Å². The molecule has 5 aromatic rings. The molecule has 6 heterocycles. The molecular formula is C37H33F3N8O2S. The minimum Gasteiger partial charge on any atom is -0.461 e. The molecule has 51 heavy (non-hydrogen) atoms. The number of rotatable bonds is 8. The van der Waals surface area contributed by atoms with E-state index in [-0.39, 0.29) is 36.4 Å². The molecule has 1 amide bonds. The van der Waals surface area contributed by atoms with E-state index in [0.29, 0.717) is 58.7 Å². The van der Waals surface area contributed by atoms with Gasteiger partial charge in [-0.2, -0.15) is 15.2 Å². The van der Waals surface area contributed by atoms with Crippen molar-refractivity contribution >= 4 is 50.8 Å². The summed E-state index contributed by atoms with van der Waals surface area (Å²) < 4.78 is 52.6. The number of aromatic nitrogens is 4. The van der Waals surface area contributed by atoms with Crippen molar-refractivity contribution in [2.45, 2.75) is 43.4 Å². The van der Waals surface area contributed by atoms with Crippen LogP contribution in [0.3, 0.4) is 0 Å². The number of ether oxygens (including phenoxy) is 1. The van der Waals surface area contributed by atoms with Crippen molar-refractivity contribution in [3.8, 4) is 23.3 Å². The van der Waals surface area contributed by atoms with Crippen LogP contribution in [0.2, 0.25) is 0 Å². The van der Waals surface area contributed by atoms with Crippen LogP contribution in [0.1, 0.15) is 36.3 Å². The summed E-state index contributed by atoms with van der Waals surface area (Å²) in [5.41, 5.74) is 0.337. The molecule has 3 atom stereocenters. The predicted molar refractivity (Wildman–Crippen MR) is 188 cm³/mol. The Morgan fingerprint density at radius 1 is 1.20 bits per heavy atom. The molecule has 2 aromatic carbocycles. The monoisotopic (exact) mass is 710 g/mol. The second kappa shape index (κ2) is 13.2. The Morgan fingerprint density at radius 3 is 2.84 bits per heavy atom. The van der Waals surface area contributed by atoms with Gasteiger partial charge in [0.25, 0.3) is 5.91 Å². The minimum absolute atomic E-state index is 0.0193. The highest BCUT2D eigenvalue weighted by atomic mass is 32.1. The Hall–Kier alpha value is -5.13. The van der Waals surface area contributed by atoms with Crippen LogP contribution < -0.4 is 9.64 Å². The van der Waals surface area contributed by atoms with Crippen LogP contribution >= 0.6 is 11.3 Å². The minimum atomic E-state index is -0.951. The van der Waals surface area contributed by atoms with Gasteiger partial charge in [-0.3, -0.25) is 14.7 Å². The number of hydrogen-bond acceptors (Lipinski definition) is 10. The van der Waals surface area contributed by atoms with E-state index in [9.17, 15) is 18.8 Å². The first kappa shape index (κ1) is 33.0. The normalized spacial score (nSPS) is 22.1. The molecular weight excluding hydrogens is 678 g/mol. The van der Waals surface area contributed by atoms with Gasteiger partial charge in [-0.25, -0.2) is 18.2 Å². The summed E-state index contributed by atoms with van der Waals surface area (Å²) in [6, 6.07) is 12.5. The molecule has 0 aliphatic carbocycles. The maximum atomic E-state index is 16.9. The van der Waals surface area contributed by atoms with E-state index in [2.05, 4.69) is 25.9 Å². The summed E-state index contributed by atoms with van der Waals surface area (Å²) >= 11 is 1.23. The third-order valence-corrected chi connectivity index (χ3v) is 11.1. The number of anilines is 1. The van der Waals surface area contributed by atoms with E-state index >= 15 is 4.39 Å². The summed E-state index contributed by atoms with van der Waals surface area (Å²) in [5.74, 6) is -2.01. The number of nitriles is 1. The Bertz CT molecular complexity index is 2220. The second-order valence-electron chi connectivity index (χ2n) is 13.4. The Balaban J connectivity index is 1.17. The number of fused-ring (bicyclic) bond motifs is 3.